The third-order valence-electron chi connectivity index (χ3n) is 1.50. The molecule has 0 aliphatic rings. The summed E-state index contributed by atoms with van der Waals surface area (Å²) in [5, 5.41) is 9.18. The van der Waals surface area contributed by atoms with E-state index in [1.807, 2.05) is 13.8 Å². The van der Waals surface area contributed by atoms with Crippen molar-refractivity contribution in [1.82, 2.24) is 0 Å². The van der Waals surface area contributed by atoms with E-state index in [-0.39, 0.29) is 17.4 Å². The molecule has 70 valence electrons. The lowest BCUT2D eigenvalue weighted by Gasteiger charge is -2.09. The number of carbonyl (C=O) groups excluding carboxylic acids is 1. The molecule has 3 nitrogen and oxygen atoms in total. The maximum absolute atomic E-state index is 10.4. The van der Waals surface area contributed by atoms with Crippen molar-refractivity contribution in [1.29, 1.82) is 0 Å². The van der Waals surface area contributed by atoms with Crippen molar-refractivity contribution in [3.05, 3.63) is 23.8 Å². The summed E-state index contributed by atoms with van der Waals surface area (Å²) in [6, 6.07) is 4.59. The number of aromatic hydroxyl groups is 1. The number of benzene rings is 1. The van der Waals surface area contributed by atoms with Crippen LogP contribution in [0.25, 0.3) is 0 Å². The van der Waals surface area contributed by atoms with Gasteiger partial charge in [0.1, 0.15) is 11.5 Å². The molecule has 0 saturated carbocycles. The summed E-state index contributed by atoms with van der Waals surface area (Å²) in [5.41, 5.74) is 0.248. The first kappa shape index (κ1) is 9.58. The van der Waals surface area contributed by atoms with Gasteiger partial charge in [-0.25, -0.2) is 0 Å². The predicted molar refractivity (Wildman–Crippen MR) is 49.3 cm³/mol. The van der Waals surface area contributed by atoms with E-state index >= 15 is 0 Å². The zero-order chi connectivity index (χ0) is 9.84. The van der Waals surface area contributed by atoms with E-state index in [2.05, 4.69) is 0 Å². The molecule has 3 heteroatoms. The molecule has 0 unspecified atom stereocenters. The number of aldehydes is 1. The number of hydrogen-bond acceptors (Lipinski definition) is 3. The quantitative estimate of drug-likeness (QED) is 0.723. The molecule has 0 radical (unpaired) electrons. The number of ether oxygens (including phenoxy) is 1. The molecule has 0 spiro atoms. The smallest absolute Gasteiger partial charge is 0.153 e. The highest BCUT2D eigenvalue weighted by Gasteiger charge is 2.03. The van der Waals surface area contributed by atoms with Crippen molar-refractivity contribution in [3.63, 3.8) is 0 Å². The zero-order valence-electron chi connectivity index (χ0n) is 7.65. The summed E-state index contributed by atoms with van der Waals surface area (Å²) < 4.78 is 5.34. The minimum atomic E-state index is -0.0221. The third-order valence-corrected chi connectivity index (χ3v) is 1.50. The number of phenols is 1. The summed E-state index contributed by atoms with van der Waals surface area (Å²) >= 11 is 0. The molecule has 0 atom stereocenters. The normalized spacial score (nSPS) is 10.1. The minimum Gasteiger partial charge on any atom is -0.507 e. The van der Waals surface area contributed by atoms with E-state index in [0.29, 0.717) is 12.0 Å². The molecule has 0 aliphatic heterocycles. The Labute approximate surface area is 77.0 Å². The number of phenolic OH excluding ortho intramolecular Hbond substituents is 1. The zero-order valence-corrected chi connectivity index (χ0v) is 7.65. The lowest BCUT2D eigenvalue weighted by Crippen LogP contribution is -2.05. The third kappa shape index (κ3) is 2.47. The summed E-state index contributed by atoms with van der Waals surface area (Å²) in [4.78, 5) is 10.4. The Balaban J connectivity index is 2.92. The SMILES string of the molecule is CC(C)Oc1ccc(O)c(C=O)c1. The van der Waals surface area contributed by atoms with Gasteiger partial charge in [-0.2, -0.15) is 0 Å². The number of carbonyl (C=O) groups is 1. The molecule has 0 fully saturated rings. The number of rotatable bonds is 3. The maximum Gasteiger partial charge on any atom is 0.153 e. The van der Waals surface area contributed by atoms with Crippen LogP contribution in [-0.4, -0.2) is 17.5 Å². The topological polar surface area (TPSA) is 46.5 Å². The van der Waals surface area contributed by atoms with Crippen molar-refractivity contribution in [3.8, 4) is 11.5 Å². The molecular formula is C10H12O3. The van der Waals surface area contributed by atoms with Gasteiger partial charge in [-0.3, -0.25) is 4.79 Å². The summed E-state index contributed by atoms with van der Waals surface area (Å²) in [6.07, 6.45) is 0.659. The maximum atomic E-state index is 10.4. The van der Waals surface area contributed by atoms with Crippen LogP contribution in [0.1, 0.15) is 24.2 Å². The van der Waals surface area contributed by atoms with Gasteiger partial charge in [0.2, 0.25) is 0 Å². The van der Waals surface area contributed by atoms with E-state index in [1.54, 1.807) is 6.07 Å². The van der Waals surface area contributed by atoms with Crippen molar-refractivity contribution < 1.29 is 14.6 Å². The van der Waals surface area contributed by atoms with Crippen LogP contribution < -0.4 is 4.74 Å². The Hall–Kier alpha value is -1.51. The van der Waals surface area contributed by atoms with Crippen molar-refractivity contribution in [2.45, 2.75) is 20.0 Å². The predicted octanol–water partition coefficient (Wildman–Crippen LogP) is 1.99. The molecule has 0 bridgehead atoms. The van der Waals surface area contributed by atoms with Crippen LogP contribution in [0.3, 0.4) is 0 Å². The molecule has 1 N–H and O–H groups in total. The molecule has 1 aromatic rings. The molecule has 0 amide bonds. The van der Waals surface area contributed by atoms with Crippen LogP contribution in [-0.2, 0) is 0 Å². The summed E-state index contributed by atoms with van der Waals surface area (Å²) in [7, 11) is 0. The van der Waals surface area contributed by atoms with Gasteiger partial charge in [0.15, 0.2) is 6.29 Å². The number of hydrogen-bond donors (Lipinski definition) is 1. The van der Waals surface area contributed by atoms with E-state index in [0.717, 1.165) is 0 Å². The first-order valence-electron chi connectivity index (χ1n) is 4.08. The minimum absolute atomic E-state index is 0.0221. The fourth-order valence-corrected chi connectivity index (χ4v) is 0.972. The molecule has 13 heavy (non-hydrogen) atoms. The van der Waals surface area contributed by atoms with Gasteiger partial charge in [0.25, 0.3) is 0 Å². The average Bonchev–Trinajstić information content (AvgIpc) is 2.07. The van der Waals surface area contributed by atoms with E-state index < -0.39 is 0 Å². The molecule has 0 saturated heterocycles. The Kier molecular flexibility index (Phi) is 2.90. The average molecular weight is 180 g/mol. The second-order valence-electron chi connectivity index (χ2n) is 3.01. The first-order valence-corrected chi connectivity index (χ1v) is 4.08. The summed E-state index contributed by atoms with van der Waals surface area (Å²) in [6.45, 7) is 3.79. The second kappa shape index (κ2) is 3.94. The second-order valence-corrected chi connectivity index (χ2v) is 3.01. The highest BCUT2D eigenvalue weighted by Crippen LogP contribution is 2.21. The van der Waals surface area contributed by atoms with Crippen LogP contribution >= 0.6 is 0 Å². The van der Waals surface area contributed by atoms with Gasteiger partial charge in [0, 0.05) is 0 Å². The molecule has 0 aromatic heterocycles. The Bertz CT molecular complexity index is 305. The summed E-state index contributed by atoms with van der Waals surface area (Å²) in [5.74, 6) is 0.570. The highest BCUT2D eigenvalue weighted by atomic mass is 16.5. The van der Waals surface area contributed by atoms with E-state index in [4.69, 9.17) is 4.74 Å². The van der Waals surface area contributed by atoms with Crippen LogP contribution in [0.2, 0.25) is 0 Å². The van der Waals surface area contributed by atoms with Gasteiger partial charge in [0.05, 0.1) is 11.7 Å². The first-order chi connectivity index (χ1) is 6.13. The lowest BCUT2D eigenvalue weighted by molar-refractivity contribution is 0.112. The van der Waals surface area contributed by atoms with Crippen LogP contribution in [0.5, 0.6) is 11.5 Å². The van der Waals surface area contributed by atoms with Gasteiger partial charge in [-0.1, -0.05) is 0 Å². The van der Waals surface area contributed by atoms with E-state index in [9.17, 15) is 9.90 Å². The lowest BCUT2D eigenvalue weighted by atomic mass is 10.2. The molecule has 0 heterocycles. The van der Waals surface area contributed by atoms with E-state index in [1.165, 1.54) is 12.1 Å². The van der Waals surface area contributed by atoms with Crippen molar-refractivity contribution in [2.24, 2.45) is 0 Å². The molecular weight excluding hydrogens is 168 g/mol. The van der Waals surface area contributed by atoms with Crippen LogP contribution in [0.15, 0.2) is 18.2 Å². The van der Waals surface area contributed by atoms with Crippen molar-refractivity contribution in [2.75, 3.05) is 0 Å². The van der Waals surface area contributed by atoms with Gasteiger partial charge in [-0.05, 0) is 32.0 Å². The Morgan fingerprint density at radius 1 is 1.46 bits per heavy atom. The Morgan fingerprint density at radius 2 is 2.15 bits per heavy atom. The monoisotopic (exact) mass is 180 g/mol. The standard InChI is InChI=1S/C10H12O3/c1-7(2)13-9-3-4-10(12)8(5-9)6-11/h3-7,12H,1-2H3. The highest BCUT2D eigenvalue weighted by molar-refractivity contribution is 5.79. The van der Waals surface area contributed by atoms with Gasteiger partial charge in [-0.15, -0.1) is 0 Å². The van der Waals surface area contributed by atoms with Crippen LogP contribution in [0.4, 0.5) is 0 Å². The molecule has 1 rings (SSSR count). The fraction of sp³-hybridized carbons (Fsp3) is 0.300. The Morgan fingerprint density at radius 3 is 2.69 bits per heavy atom. The fourth-order valence-electron chi connectivity index (χ4n) is 0.972. The van der Waals surface area contributed by atoms with Gasteiger partial charge < -0.3 is 9.84 Å². The molecule has 0 aliphatic carbocycles. The van der Waals surface area contributed by atoms with Gasteiger partial charge >= 0.3 is 0 Å². The van der Waals surface area contributed by atoms with Crippen LogP contribution in [0, 0.1) is 0 Å². The van der Waals surface area contributed by atoms with Crippen molar-refractivity contribution >= 4 is 6.29 Å². The molecule has 1 aromatic carbocycles. The largest absolute Gasteiger partial charge is 0.507 e.